The van der Waals surface area contributed by atoms with Crippen LogP contribution in [0.2, 0.25) is 0 Å². The van der Waals surface area contributed by atoms with Gasteiger partial charge in [-0.25, -0.2) is 0 Å². The van der Waals surface area contributed by atoms with Crippen LogP contribution in [0.4, 0.5) is 0 Å². The molecule has 0 bridgehead atoms. The number of piperidine rings is 1. The van der Waals surface area contributed by atoms with Crippen molar-refractivity contribution in [1.29, 1.82) is 0 Å². The molecule has 0 aromatic heterocycles. The second-order valence-electron chi connectivity index (χ2n) is 5.13. The molecule has 1 saturated carbocycles. The smallest absolute Gasteiger partial charge is 0.0877 e. The highest BCUT2D eigenvalue weighted by molar-refractivity contribution is 4.94. The van der Waals surface area contributed by atoms with Gasteiger partial charge in [-0.3, -0.25) is 0 Å². The highest BCUT2D eigenvalue weighted by atomic mass is 16.3. The van der Waals surface area contributed by atoms with Gasteiger partial charge in [0.1, 0.15) is 0 Å². The van der Waals surface area contributed by atoms with E-state index in [1.54, 1.807) is 0 Å². The van der Waals surface area contributed by atoms with Gasteiger partial charge in [-0.2, -0.15) is 0 Å². The topological polar surface area (TPSA) is 52.5 Å². The van der Waals surface area contributed by atoms with Crippen LogP contribution in [0.1, 0.15) is 38.5 Å². The fraction of sp³-hybridized carbons (Fsp3) is 1.00. The Morgan fingerprint density at radius 1 is 0.929 bits per heavy atom. The zero-order valence-electron chi connectivity index (χ0n) is 8.76. The van der Waals surface area contributed by atoms with E-state index in [-0.39, 0.29) is 6.61 Å². The summed E-state index contributed by atoms with van der Waals surface area (Å²) in [6.45, 7) is 2.18. The summed E-state index contributed by atoms with van der Waals surface area (Å²) < 4.78 is 0. The van der Waals surface area contributed by atoms with Crippen LogP contribution in [-0.2, 0) is 0 Å². The lowest BCUT2D eigenvalue weighted by Gasteiger charge is -2.45. The summed E-state index contributed by atoms with van der Waals surface area (Å²) in [5.41, 5.74) is -0.289. The Morgan fingerprint density at radius 3 is 2.00 bits per heavy atom. The SMILES string of the molecule is OCC1(O)CCC2(CCNCC2)CC1. The number of hydrogen-bond donors (Lipinski definition) is 3. The molecule has 3 N–H and O–H groups in total. The van der Waals surface area contributed by atoms with Crippen molar-refractivity contribution in [3.63, 3.8) is 0 Å². The van der Waals surface area contributed by atoms with Crippen LogP contribution in [-0.4, -0.2) is 35.5 Å². The maximum atomic E-state index is 9.93. The van der Waals surface area contributed by atoms with Crippen LogP contribution < -0.4 is 5.32 Å². The Bertz CT molecular complexity index is 189. The third kappa shape index (κ3) is 1.95. The first-order chi connectivity index (χ1) is 6.68. The maximum Gasteiger partial charge on any atom is 0.0877 e. The fourth-order valence-corrected chi connectivity index (χ4v) is 2.86. The second-order valence-corrected chi connectivity index (χ2v) is 5.13. The predicted octanol–water partition coefficient (Wildman–Crippen LogP) is 0.654. The molecular formula is C11H21NO2. The van der Waals surface area contributed by atoms with Crippen LogP contribution >= 0.6 is 0 Å². The van der Waals surface area contributed by atoms with Crippen LogP contribution in [0.3, 0.4) is 0 Å². The number of hydrogen-bond acceptors (Lipinski definition) is 3. The third-order valence-electron chi connectivity index (χ3n) is 4.20. The predicted molar refractivity (Wildman–Crippen MR) is 55.0 cm³/mol. The summed E-state index contributed by atoms with van der Waals surface area (Å²) in [6.07, 6.45) is 6.23. The zero-order chi connectivity index (χ0) is 10.1. The van der Waals surface area contributed by atoms with Crippen molar-refractivity contribution >= 4 is 0 Å². The summed E-state index contributed by atoms with van der Waals surface area (Å²) in [5, 5.41) is 22.4. The molecule has 1 saturated heterocycles. The second kappa shape index (κ2) is 3.80. The van der Waals surface area contributed by atoms with E-state index < -0.39 is 5.60 Å². The van der Waals surface area contributed by atoms with Crippen LogP contribution in [0.5, 0.6) is 0 Å². The molecule has 82 valence electrons. The quantitative estimate of drug-likeness (QED) is 0.581. The molecule has 0 aromatic carbocycles. The van der Waals surface area contributed by atoms with E-state index in [1.807, 2.05) is 0 Å². The molecule has 1 aliphatic heterocycles. The lowest BCUT2D eigenvalue weighted by molar-refractivity contribution is -0.0747. The molecule has 3 heteroatoms. The minimum absolute atomic E-state index is 0.0681. The average Bonchev–Trinajstić information content (AvgIpc) is 2.25. The van der Waals surface area contributed by atoms with E-state index >= 15 is 0 Å². The molecule has 1 aliphatic carbocycles. The fourth-order valence-electron chi connectivity index (χ4n) is 2.86. The Morgan fingerprint density at radius 2 is 1.50 bits per heavy atom. The standard InChI is InChI=1S/C11H21NO2/c13-9-11(14)3-1-10(2-4-11)5-7-12-8-6-10/h12-14H,1-9H2. The van der Waals surface area contributed by atoms with E-state index in [9.17, 15) is 5.11 Å². The lowest BCUT2D eigenvalue weighted by atomic mass is 9.64. The van der Waals surface area contributed by atoms with Gasteiger partial charge in [0.2, 0.25) is 0 Å². The molecule has 0 aromatic rings. The monoisotopic (exact) mass is 199 g/mol. The summed E-state index contributed by atoms with van der Waals surface area (Å²) in [4.78, 5) is 0. The van der Waals surface area contributed by atoms with Crippen LogP contribution in [0.15, 0.2) is 0 Å². The Balaban J connectivity index is 1.93. The number of nitrogens with one attached hydrogen (secondary N) is 1. The first-order valence-corrected chi connectivity index (χ1v) is 5.72. The number of aliphatic hydroxyl groups is 2. The van der Waals surface area contributed by atoms with Crippen molar-refractivity contribution in [3.05, 3.63) is 0 Å². The van der Waals surface area contributed by atoms with E-state index in [0.717, 1.165) is 38.8 Å². The van der Waals surface area contributed by atoms with Crippen molar-refractivity contribution in [2.75, 3.05) is 19.7 Å². The first kappa shape index (κ1) is 10.4. The van der Waals surface area contributed by atoms with Gasteiger partial charge >= 0.3 is 0 Å². The van der Waals surface area contributed by atoms with Gasteiger partial charge in [0, 0.05) is 0 Å². The molecule has 3 nitrogen and oxygen atoms in total. The highest BCUT2D eigenvalue weighted by Crippen LogP contribution is 2.46. The number of aliphatic hydroxyl groups excluding tert-OH is 1. The summed E-state index contributed by atoms with van der Waals surface area (Å²) >= 11 is 0. The third-order valence-corrected chi connectivity index (χ3v) is 4.20. The van der Waals surface area contributed by atoms with Gasteiger partial charge in [-0.05, 0) is 57.0 Å². The van der Waals surface area contributed by atoms with Gasteiger partial charge in [-0.15, -0.1) is 0 Å². The van der Waals surface area contributed by atoms with E-state index in [4.69, 9.17) is 5.11 Å². The normalized spacial score (nSPS) is 30.4. The van der Waals surface area contributed by atoms with E-state index in [2.05, 4.69) is 5.32 Å². The number of rotatable bonds is 1. The largest absolute Gasteiger partial charge is 0.393 e. The zero-order valence-corrected chi connectivity index (χ0v) is 8.76. The van der Waals surface area contributed by atoms with Gasteiger partial charge < -0.3 is 15.5 Å². The van der Waals surface area contributed by atoms with Crippen LogP contribution in [0, 0.1) is 5.41 Å². The summed E-state index contributed by atoms with van der Waals surface area (Å²) in [6, 6.07) is 0. The van der Waals surface area contributed by atoms with Crippen molar-refractivity contribution in [3.8, 4) is 0 Å². The maximum absolute atomic E-state index is 9.93. The average molecular weight is 199 g/mol. The molecule has 2 aliphatic rings. The molecule has 2 fully saturated rings. The van der Waals surface area contributed by atoms with Gasteiger partial charge in [0.25, 0.3) is 0 Å². The molecule has 0 radical (unpaired) electrons. The van der Waals surface area contributed by atoms with Gasteiger partial charge in [0.05, 0.1) is 12.2 Å². The molecule has 1 heterocycles. The minimum atomic E-state index is -0.768. The molecule has 0 unspecified atom stereocenters. The molecule has 2 rings (SSSR count). The van der Waals surface area contributed by atoms with E-state index in [0.29, 0.717) is 5.41 Å². The first-order valence-electron chi connectivity index (χ1n) is 5.72. The Labute approximate surface area is 85.5 Å². The summed E-state index contributed by atoms with van der Waals surface area (Å²) in [5.74, 6) is 0. The summed E-state index contributed by atoms with van der Waals surface area (Å²) in [7, 11) is 0. The van der Waals surface area contributed by atoms with E-state index in [1.165, 1.54) is 12.8 Å². The molecule has 0 amide bonds. The molecule has 0 atom stereocenters. The van der Waals surface area contributed by atoms with Crippen molar-refractivity contribution in [2.45, 2.75) is 44.1 Å². The van der Waals surface area contributed by atoms with Crippen molar-refractivity contribution in [1.82, 2.24) is 5.32 Å². The lowest BCUT2D eigenvalue weighted by Crippen LogP contribution is -2.45. The van der Waals surface area contributed by atoms with Crippen molar-refractivity contribution in [2.24, 2.45) is 5.41 Å². The molecule has 1 spiro atoms. The Hall–Kier alpha value is -0.120. The van der Waals surface area contributed by atoms with Gasteiger partial charge in [0.15, 0.2) is 0 Å². The minimum Gasteiger partial charge on any atom is -0.393 e. The highest BCUT2D eigenvalue weighted by Gasteiger charge is 2.41. The Kier molecular flexibility index (Phi) is 2.82. The van der Waals surface area contributed by atoms with Crippen LogP contribution in [0.25, 0.3) is 0 Å². The molecular weight excluding hydrogens is 178 g/mol. The van der Waals surface area contributed by atoms with Gasteiger partial charge in [-0.1, -0.05) is 0 Å². The molecule has 14 heavy (non-hydrogen) atoms. The van der Waals surface area contributed by atoms with Crippen molar-refractivity contribution < 1.29 is 10.2 Å².